The molecule has 0 radical (unpaired) electrons. The van der Waals surface area contributed by atoms with Crippen molar-refractivity contribution in [2.75, 3.05) is 26.2 Å². The van der Waals surface area contributed by atoms with Crippen LogP contribution in [0.2, 0.25) is 0 Å². The summed E-state index contributed by atoms with van der Waals surface area (Å²) < 4.78 is 0. The van der Waals surface area contributed by atoms with E-state index in [0.717, 1.165) is 32.0 Å². The molecule has 1 saturated carbocycles. The van der Waals surface area contributed by atoms with E-state index in [1.54, 1.807) is 0 Å². The molecule has 2 nitrogen and oxygen atoms in total. The summed E-state index contributed by atoms with van der Waals surface area (Å²) in [5.74, 6) is 1.02. The third-order valence-corrected chi connectivity index (χ3v) is 3.03. The van der Waals surface area contributed by atoms with Crippen molar-refractivity contribution in [3.63, 3.8) is 0 Å². The Morgan fingerprint density at radius 2 is 1.75 bits per heavy atom. The molecule has 0 spiro atoms. The quantitative estimate of drug-likeness (QED) is 0.652. The summed E-state index contributed by atoms with van der Waals surface area (Å²) in [7, 11) is 0. The van der Waals surface area contributed by atoms with Crippen LogP contribution in [0.15, 0.2) is 12.2 Å². The largest absolute Gasteiger partial charge is 0.317 e. The third-order valence-electron chi connectivity index (χ3n) is 3.03. The molecule has 1 aliphatic carbocycles. The van der Waals surface area contributed by atoms with Crippen molar-refractivity contribution in [1.82, 2.24) is 10.6 Å². The average molecular weight is 226 g/mol. The highest BCUT2D eigenvalue weighted by atomic mass is 14.8. The Labute approximate surface area is 102 Å². The zero-order valence-corrected chi connectivity index (χ0v) is 11.4. The molecule has 96 valence electrons. The lowest BCUT2D eigenvalue weighted by atomic mass is 9.85. The van der Waals surface area contributed by atoms with Crippen molar-refractivity contribution in [3.05, 3.63) is 12.2 Å². The third kappa shape index (κ3) is 8.93. The SMILES string of the molecule is C=C(CC)CNCC.CCNCC1CCC1. The van der Waals surface area contributed by atoms with Gasteiger partial charge in [0, 0.05) is 6.54 Å². The summed E-state index contributed by atoms with van der Waals surface area (Å²) in [5, 5.41) is 6.55. The van der Waals surface area contributed by atoms with E-state index in [1.165, 1.54) is 31.4 Å². The normalized spacial score (nSPS) is 14.9. The van der Waals surface area contributed by atoms with Crippen LogP contribution in [-0.2, 0) is 0 Å². The number of hydrogen-bond donors (Lipinski definition) is 2. The molecule has 0 amide bonds. The number of nitrogens with one attached hydrogen (secondary N) is 2. The molecule has 0 unspecified atom stereocenters. The molecule has 0 aromatic heterocycles. The maximum Gasteiger partial charge on any atom is 0.0161 e. The Kier molecular flexibility index (Phi) is 10.9. The van der Waals surface area contributed by atoms with Crippen LogP contribution in [0.1, 0.15) is 46.5 Å². The summed E-state index contributed by atoms with van der Waals surface area (Å²) in [6, 6.07) is 0. The monoisotopic (exact) mass is 226 g/mol. The van der Waals surface area contributed by atoms with Crippen molar-refractivity contribution >= 4 is 0 Å². The van der Waals surface area contributed by atoms with Crippen LogP contribution in [0.3, 0.4) is 0 Å². The molecule has 1 aliphatic rings. The Hall–Kier alpha value is -0.340. The molecule has 0 aromatic carbocycles. The van der Waals surface area contributed by atoms with Gasteiger partial charge in [0.15, 0.2) is 0 Å². The van der Waals surface area contributed by atoms with E-state index < -0.39 is 0 Å². The van der Waals surface area contributed by atoms with Crippen LogP contribution in [-0.4, -0.2) is 26.2 Å². The molecular formula is C14H30N2. The maximum absolute atomic E-state index is 3.85. The zero-order valence-electron chi connectivity index (χ0n) is 11.4. The van der Waals surface area contributed by atoms with Gasteiger partial charge in [0.25, 0.3) is 0 Å². The fraction of sp³-hybridized carbons (Fsp3) is 0.857. The topological polar surface area (TPSA) is 24.1 Å². The molecule has 0 atom stereocenters. The highest BCUT2D eigenvalue weighted by molar-refractivity contribution is 4.94. The first-order valence-corrected chi connectivity index (χ1v) is 6.82. The molecule has 0 aliphatic heterocycles. The van der Waals surface area contributed by atoms with Gasteiger partial charge in [-0.2, -0.15) is 0 Å². The molecule has 1 fully saturated rings. The second-order valence-electron chi connectivity index (χ2n) is 4.49. The highest BCUT2D eigenvalue weighted by Gasteiger charge is 2.15. The molecule has 0 bridgehead atoms. The van der Waals surface area contributed by atoms with Crippen molar-refractivity contribution < 1.29 is 0 Å². The van der Waals surface area contributed by atoms with Gasteiger partial charge >= 0.3 is 0 Å². The van der Waals surface area contributed by atoms with Gasteiger partial charge in [0.1, 0.15) is 0 Å². The lowest BCUT2D eigenvalue weighted by Gasteiger charge is -2.24. The van der Waals surface area contributed by atoms with Crippen molar-refractivity contribution in [1.29, 1.82) is 0 Å². The predicted molar refractivity (Wildman–Crippen MR) is 73.9 cm³/mol. The molecule has 0 heterocycles. The minimum atomic E-state index is 0.979. The van der Waals surface area contributed by atoms with E-state index in [-0.39, 0.29) is 0 Å². The van der Waals surface area contributed by atoms with Crippen LogP contribution < -0.4 is 10.6 Å². The van der Waals surface area contributed by atoms with Crippen molar-refractivity contribution in [2.45, 2.75) is 46.5 Å². The average Bonchev–Trinajstić information content (AvgIpc) is 2.25. The molecule has 16 heavy (non-hydrogen) atoms. The van der Waals surface area contributed by atoms with Gasteiger partial charge < -0.3 is 10.6 Å². The van der Waals surface area contributed by atoms with Gasteiger partial charge in [-0.15, -0.1) is 0 Å². The van der Waals surface area contributed by atoms with Crippen molar-refractivity contribution in [3.8, 4) is 0 Å². The first-order chi connectivity index (χ1) is 7.74. The summed E-state index contributed by atoms with van der Waals surface area (Å²) in [5.41, 5.74) is 1.28. The maximum atomic E-state index is 3.85. The summed E-state index contributed by atoms with van der Waals surface area (Å²) >= 11 is 0. The lowest BCUT2D eigenvalue weighted by molar-refractivity contribution is 0.304. The lowest BCUT2D eigenvalue weighted by Crippen LogP contribution is -2.26. The molecule has 2 heteroatoms. The number of hydrogen-bond acceptors (Lipinski definition) is 2. The van der Waals surface area contributed by atoms with Crippen LogP contribution in [0, 0.1) is 5.92 Å². The summed E-state index contributed by atoms with van der Waals surface area (Å²) in [6.45, 7) is 14.7. The first kappa shape index (κ1) is 15.7. The Morgan fingerprint density at radius 3 is 2.12 bits per heavy atom. The van der Waals surface area contributed by atoms with E-state index >= 15 is 0 Å². The smallest absolute Gasteiger partial charge is 0.0161 e. The zero-order chi connectivity index (χ0) is 12.2. The van der Waals surface area contributed by atoms with E-state index in [4.69, 9.17) is 0 Å². The minimum Gasteiger partial charge on any atom is -0.317 e. The van der Waals surface area contributed by atoms with Gasteiger partial charge in [0.05, 0.1) is 0 Å². The molecule has 2 N–H and O–H groups in total. The van der Waals surface area contributed by atoms with Crippen LogP contribution >= 0.6 is 0 Å². The van der Waals surface area contributed by atoms with Crippen LogP contribution in [0.4, 0.5) is 0 Å². The fourth-order valence-electron chi connectivity index (χ4n) is 1.47. The van der Waals surface area contributed by atoms with E-state index in [0.29, 0.717) is 0 Å². The summed E-state index contributed by atoms with van der Waals surface area (Å²) in [4.78, 5) is 0. The fourth-order valence-corrected chi connectivity index (χ4v) is 1.47. The van der Waals surface area contributed by atoms with E-state index in [2.05, 4.69) is 38.0 Å². The first-order valence-electron chi connectivity index (χ1n) is 6.82. The number of likely N-dealkylation sites (N-methyl/N-ethyl adjacent to an activating group) is 1. The van der Waals surface area contributed by atoms with Crippen LogP contribution in [0.25, 0.3) is 0 Å². The van der Waals surface area contributed by atoms with Gasteiger partial charge in [-0.1, -0.05) is 39.3 Å². The van der Waals surface area contributed by atoms with Gasteiger partial charge in [-0.05, 0) is 44.8 Å². The van der Waals surface area contributed by atoms with Gasteiger partial charge in [0.2, 0.25) is 0 Å². The minimum absolute atomic E-state index is 0.979. The number of rotatable bonds is 7. The molecule has 0 aromatic rings. The Balaban J connectivity index is 0.000000281. The Bertz CT molecular complexity index is 162. The molecular weight excluding hydrogens is 196 g/mol. The second-order valence-corrected chi connectivity index (χ2v) is 4.49. The molecule has 0 saturated heterocycles. The summed E-state index contributed by atoms with van der Waals surface area (Å²) in [6.07, 6.45) is 5.49. The van der Waals surface area contributed by atoms with Gasteiger partial charge in [-0.3, -0.25) is 0 Å². The predicted octanol–water partition coefficient (Wildman–Crippen LogP) is 2.96. The highest BCUT2D eigenvalue weighted by Crippen LogP contribution is 2.24. The van der Waals surface area contributed by atoms with E-state index in [1.807, 2.05) is 0 Å². The van der Waals surface area contributed by atoms with Crippen LogP contribution in [0.5, 0.6) is 0 Å². The van der Waals surface area contributed by atoms with Crippen molar-refractivity contribution in [2.24, 2.45) is 5.92 Å². The standard InChI is InChI=1S/2C7H15N/c1-2-8-6-7-4-3-5-7;1-4-7(3)6-8-5-2/h7-8H,2-6H2,1H3;8H,3-6H2,1-2H3. The van der Waals surface area contributed by atoms with E-state index in [9.17, 15) is 0 Å². The Morgan fingerprint density at radius 1 is 1.12 bits per heavy atom. The van der Waals surface area contributed by atoms with Gasteiger partial charge in [-0.25, -0.2) is 0 Å². The second kappa shape index (κ2) is 11.2. The molecule has 1 rings (SSSR count).